The van der Waals surface area contributed by atoms with Crippen molar-refractivity contribution in [3.05, 3.63) is 60.2 Å². The average molecular weight is 304 g/mol. The Morgan fingerprint density at radius 3 is 2.33 bits per heavy atom. The molecule has 0 aliphatic heterocycles. The zero-order chi connectivity index (χ0) is 15.3. The molecule has 0 fully saturated rings. The molecule has 2 rings (SSSR count). The molecule has 0 radical (unpaired) electrons. The molecule has 0 bridgehead atoms. The Hall–Kier alpha value is -1.85. The van der Waals surface area contributed by atoms with Gasteiger partial charge in [-0.1, -0.05) is 42.5 Å². The summed E-state index contributed by atoms with van der Waals surface area (Å²) in [5, 5.41) is 0. The van der Waals surface area contributed by atoms with E-state index in [1.54, 1.807) is 18.2 Å². The molecule has 112 valence electrons. The van der Waals surface area contributed by atoms with Crippen LogP contribution in [-0.4, -0.2) is 14.5 Å². The molecule has 0 aliphatic carbocycles. The third kappa shape index (κ3) is 4.31. The van der Waals surface area contributed by atoms with E-state index in [1.807, 2.05) is 37.3 Å². The van der Waals surface area contributed by atoms with Gasteiger partial charge in [-0.25, -0.2) is 13.1 Å². The van der Waals surface area contributed by atoms with E-state index >= 15 is 0 Å². The van der Waals surface area contributed by atoms with Gasteiger partial charge in [0.15, 0.2) is 0 Å². The van der Waals surface area contributed by atoms with E-state index in [2.05, 4.69) is 4.72 Å². The normalized spacial score (nSPS) is 13.0. The first-order chi connectivity index (χ1) is 9.99. The Balaban J connectivity index is 1.99. The number of hydrogen-bond acceptors (Lipinski definition) is 3. The van der Waals surface area contributed by atoms with Crippen molar-refractivity contribution >= 4 is 15.7 Å². The van der Waals surface area contributed by atoms with Crippen molar-refractivity contribution in [1.82, 2.24) is 4.72 Å². The van der Waals surface area contributed by atoms with E-state index in [-0.39, 0.29) is 16.6 Å². The minimum absolute atomic E-state index is 0.136. The number of nitrogens with one attached hydrogen (secondary N) is 1. The molecule has 0 aromatic heterocycles. The lowest BCUT2D eigenvalue weighted by molar-refractivity contribution is 0.547. The van der Waals surface area contributed by atoms with E-state index in [1.165, 1.54) is 11.6 Å². The summed E-state index contributed by atoms with van der Waals surface area (Å²) in [4.78, 5) is 0.136. The topological polar surface area (TPSA) is 72.2 Å². The lowest BCUT2D eigenvalue weighted by atomic mass is 10.1. The molecule has 0 spiro atoms. The van der Waals surface area contributed by atoms with Crippen LogP contribution < -0.4 is 10.5 Å². The molecule has 5 heteroatoms. The van der Waals surface area contributed by atoms with Gasteiger partial charge in [-0.05, 0) is 37.5 Å². The number of nitrogen functional groups attached to an aromatic ring is 1. The van der Waals surface area contributed by atoms with Gasteiger partial charge in [0.1, 0.15) is 4.90 Å². The quantitative estimate of drug-likeness (QED) is 0.806. The van der Waals surface area contributed by atoms with Crippen LogP contribution in [0.15, 0.2) is 59.5 Å². The highest BCUT2D eigenvalue weighted by Crippen LogP contribution is 2.17. The molecule has 3 N–H and O–H groups in total. The van der Waals surface area contributed by atoms with Crippen LogP contribution in [0.1, 0.15) is 18.9 Å². The molecule has 21 heavy (non-hydrogen) atoms. The van der Waals surface area contributed by atoms with Crippen LogP contribution in [0, 0.1) is 0 Å². The molecule has 1 atom stereocenters. The second-order valence-electron chi connectivity index (χ2n) is 5.08. The molecule has 0 amide bonds. The molecular formula is C16H20N2O2S. The maximum Gasteiger partial charge on any atom is 0.242 e. The Morgan fingerprint density at radius 2 is 1.67 bits per heavy atom. The smallest absolute Gasteiger partial charge is 0.242 e. The van der Waals surface area contributed by atoms with Gasteiger partial charge in [-0.15, -0.1) is 0 Å². The van der Waals surface area contributed by atoms with E-state index in [0.717, 1.165) is 12.8 Å². The average Bonchev–Trinajstić information content (AvgIpc) is 2.46. The first-order valence-corrected chi connectivity index (χ1v) is 8.38. The second kappa shape index (κ2) is 6.74. The van der Waals surface area contributed by atoms with Gasteiger partial charge in [0.05, 0.1) is 5.69 Å². The summed E-state index contributed by atoms with van der Waals surface area (Å²) in [5.74, 6) is 0. The monoisotopic (exact) mass is 304 g/mol. The predicted octanol–water partition coefficient (Wildman–Crippen LogP) is 2.57. The summed E-state index contributed by atoms with van der Waals surface area (Å²) in [5.41, 5.74) is 7.19. The highest BCUT2D eigenvalue weighted by Gasteiger charge is 2.19. The van der Waals surface area contributed by atoms with Crippen LogP contribution in [0.25, 0.3) is 0 Å². The summed E-state index contributed by atoms with van der Waals surface area (Å²) in [6.45, 7) is 1.86. The van der Waals surface area contributed by atoms with Crippen LogP contribution in [0.4, 0.5) is 5.69 Å². The number of benzene rings is 2. The highest BCUT2D eigenvalue weighted by atomic mass is 32.2. The van der Waals surface area contributed by atoms with Crippen molar-refractivity contribution < 1.29 is 8.42 Å². The Morgan fingerprint density at radius 1 is 1.05 bits per heavy atom. The maximum absolute atomic E-state index is 12.3. The zero-order valence-electron chi connectivity index (χ0n) is 12.0. The summed E-state index contributed by atoms with van der Waals surface area (Å²) < 4.78 is 27.2. The highest BCUT2D eigenvalue weighted by molar-refractivity contribution is 7.89. The number of rotatable bonds is 6. The summed E-state index contributed by atoms with van der Waals surface area (Å²) in [6.07, 6.45) is 1.56. The summed E-state index contributed by atoms with van der Waals surface area (Å²) in [6, 6.07) is 16.3. The third-order valence-corrected chi connectivity index (χ3v) is 4.94. The third-order valence-electron chi connectivity index (χ3n) is 3.27. The minimum Gasteiger partial charge on any atom is -0.398 e. The Bertz CT molecular complexity index is 684. The van der Waals surface area contributed by atoms with Gasteiger partial charge >= 0.3 is 0 Å². The Labute approximate surface area is 126 Å². The molecule has 0 saturated carbocycles. The number of sulfonamides is 1. The Kier molecular flexibility index (Phi) is 4.98. The lowest BCUT2D eigenvalue weighted by Gasteiger charge is -2.15. The van der Waals surface area contributed by atoms with Gasteiger partial charge in [0.2, 0.25) is 10.0 Å². The van der Waals surface area contributed by atoms with Crippen molar-refractivity contribution in [1.29, 1.82) is 0 Å². The largest absolute Gasteiger partial charge is 0.398 e. The number of para-hydroxylation sites is 1. The van der Waals surface area contributed by atoms with E-state index in [4.69, 9.17) is 5.73 Å². The van der Waals surface area contributed by atoms with Crippen molar-refractivity contribution in [2.45, 2.75) is 30.7 Å². The second-order valence-corrected chi connectivity index (χ2v) is 6.77. The number of hydrogen-bond donors (Lipinski definition) is 2. The molecule has 4 nitrogen and oxygen atoms in total. The van der Waals surface area contributed by atoms with E-state index in [0.29, 0.717) is 0 Å². The fraction of sp³-hybridized carbons (Fsp3) is 0.250. The van der Waals surface area contributed by atoms with Crippen LogP contribution >= 0.6 is 0 Å². The number of anilines is 1. The van der Waals surface area contributed by atoms with Crippen molar-refractivity contribution in [2.75, 3.05) is 5.73 Å². The van der Waals surface area contributed by atoms with E-state index in [9.17, 15) is 8.42 Å². The maximum atomic E-state index is 12.3. The van der Waals surface area contributed by atoms with Gasteiger partial charge in [-0.3, -0.25) is 0 Å². The summed E-state index contributed by atoms with van der Waals surface area (Å²) in [7, 11) is -3.57. The standard InChI is InChI=1S/C16H20N2O2S/c1-13(11-12-14-7-3-2-4-8-14)18-21(19,20)16-10-6-5-9-15(16)17/h2-10,13,18H,11-12,17H2,1H3. The molecular weight excluding hydrogens is 284 g/mol. The van der Waals surface area contributed by atoms with Crippen molar-refractivity contribution in [3.63, 3.8) is 0 Å². The minimum atomic E-state index is -3.57. The fourth-order valence-corrected chi connectivity index (χ4v) is 3.55. The molecule has 1 unspecified atom stereocenters. The summed E-state index contributed by atoms with van der Waals surface area (Å²) >= 11 is 0. The fourth-order valence-electron chi connectivity index (χ4n) is 2.14. The molecule has 2 aromatic carbocycles. The van der Waals surface area contributed by atoms with Crippen LogP contribution in [-0.2, 0) is 16.4 Å². The van der Waals surface area contributed by atoms with Crippen molar-refractivity contribution in [3.8, 4) is 0 Å². The molecule has 0 aliphatic rings. The van der Waals surface area contributed by atoms with Gasteiger partial charge in [0.25, 0.3) is 0 Å². The molecule has 0 heterocycles. The molecule has 2 aromatic rings. The number of aryl methyl sites for hydroxylation is 1. The van der Waals surface area contributed by atoms with Crippen molar-refractivity contribution in [2.24, 2.45) is 0 Å². The predicted molar refractivity (Wildman–Crippen MR) is 85.4 cm³/mol. The van der Waals surface area contributed by atoms with Crippen LogP contribution in [0.5, 0.6) is 0 Å². The lowest BCUT2D eigenvalue weighted by Crippen LogP contribution is -2.33. The van der Waals surface area contributed by atoms with Gasteiger partial charge in [-0.2, -0.15) is 0 Å². The van der Waals surface area contributed by atoms with Crippen LogP contribution in [0.2, 0.25) is 0 Å². The zero-order valence-corrected chi connectivity index (χ0v) is 12.8. The SMILES string of the molecule is CC(CCc1ccccc1)NS(=O)(=O)c1ccccc1N. The first kappa shape index (κ1) is 15.5. The first-order valence-electron chi connectivity index (χ1n) is 6.90. The van der Waals surface area contributed by atoms with Gasteiger partial charge in [0, 0.05) is 6.04 Å². The number of nitrogens with two attached hydrogens (primary N) is 1. The molecule has 0 saturated heterocycles. The van der Waals surface area contributed by atoms with Gasteiger partial charge < -0.3 is 5.73 Å². The van der Waals surface area contributed by atoms with E-state index < -0.39 is 10.0 Å². The van der Waals surface area contributed by atoms with Crippen LogP contribution in [0.3, 0.4) is 0 Å².